The molecule has 0 fully saturated rings. The van der Waals surface area contributed by atoms with E-state index in [1.807, 2.05) is 54.6 Å². The monoisotopic (exact) mass is 451 g/mol. The Bertz CT molecular complexity index is 1030. The van der Waals surface area contributed by atoms with E-state index in [2.05, 4.69) is 34.5 Å². The van der Waals surface area contributed by atoms with E-state index in [-0.39, 0.29) is 5.91 Å². The van der Waals surface area contributed by atoms with Crippen LogP contribution in [0.15, 0.2) is 60.8 Å². The number of aromatic nitrogens is 2. The van der Waals surface area contributed by atoms with Crippen molar-refractivity contribution in [2.45, 2.75) is 13.8 Å². The first-order valence-electron chi connectivity index (χ1n) is 10.7. The molecule has 0 radical (unpaired) electrons. The summed E-state index contributed by atoms with van der Waals surface area (Å²) in [5, 5.41) is 10.9. The number of ether oxygens (including phenoxy) is 1. The average Bonchev–Trinajstić information content (AvgIpc) is 3.28. The molecule has 0 aliphatic heterocycles. The zero-order valence-electron chi connectivity index (χ0n) is 18.7. The van der Waals surface area contributed by atoms with E-state index in [9.17, 15) is 4.79 Å². The maximum atomic E-state index is 13.1. The Balaban J connectivity index is 1.81. The number of amides is 1. The highest BCUT2D eigenvalue weighted by Gasteiger charge is 2.19. The van der Waals surface area contributed by atoms with Gasteiger partial charge in [-0.15, -0.1) is 0 Å². The van der Waals surface area contributed by atoms with Gasteiger partial charge in [0.25, 0.3) is 5.91 Å². The highest BCUT2D eigenvalue weighted by molar-refractivity contribution is 7.80. The number of para-hydroxylation sites is 1. The van der Waals surface area contributed by atoms with Gasteiger partial charge in [-0.2, -0.15) is 5.10 Å². The normalized spacial score (nSPS) is 10.8. The second-order valence-corrected chi connectivity index (χ2v) is 7.55. The zero-order valence-corrected chi connectivity index (χ0v) is 19.5. The van der Waals surface area contributed by atoms with E-state index < -0.39 is 0 Å². The number of carbonyl (C=O) groups is 1. The lowest BCUT2D eigenvalue weighted by Gasteiger charge is -2.18. The van der Waals surface area contributed by atoms with E-state index in [1.165, 1.54) is 0 Å². The molecule has 0 spiro atoms. The largest absolute Gasteiger partial charge is 0.497 e. The molecule has 0 saturated carbocycles. The van der Waals surface area contributed by atoms with Crippen LogP contribution in [0.5, 0.6) is 5.75 Å². The van der Waals surface area contributed by atoms with Gasteiger partial charge in [0, 0.05) is 24.8 Å². The first-order chi connectivity index (χ1) is 15.5. The van der Waals surface area contributed by atoms with Gasteiger partial charge in [-0.25, -0.2) is 4.68 Å². The smallest absolute Gasteiger partial charge is 0.261 e. The second-order valence-electron chi connectivity index (χ2n) is 7.14. The summed E-state index contributed by atoms with van der Waals surface area (Å²) in [5.74, 6) is 0.430. The SMILES string of the molecule is CCN(CC)CCNC(=S)NC(=O)c1cn(-c2ccccc2)nc1-c1ccc(OC)cc1. The highest BCUT2D eigenvalue weighted by atomic mass is 32.1. The predicted molar refractivity (Wildman–Crippen MR) is 131 cm³/mol. The molecule has 0 atom stereocenters. The summed E-state index contributed by atoms with van der Waals surface area (Å²) in [4.78, 5) is 15.4. The fourth-order valence-corrected chi connectivity index (χ4v) is 3.49. The molecule has 3 rings (SSSR count). The molecule has 32 heavy (non-hydrogen) atoms. The second kappa shape index (κ2) is 11.4. The van der Waals surface area contributed by atoms with Gasteiger partial charge in [0.1, 0.15) is 11.4 Å². The van der Waals surface area contributed by atoms with Gasteiger partial charge in [-0.3, -0.25) is 10.1 Å². The number of carbonyl (C=O) groups excluding carboxylic acids is 1. The molecule has 0 aliphatic carbocycles. The van der Waals surface area contributed by atoms with Crippen molar-refractivity contribution in [3.63, 3.8) is 0 Å². The number of hydrogen-bond acceptors (Lipinski definition) is 5. The third-order valence-electron chi connectivity index (χ3n) is 5.18. The molecule has 3 aromatic rings. The number of rotatable bonds is 9. The van der Waals surface area contributed by atoms with Gasteiger partial charge >= 0.3 is 0 Å². The number of nitrogens with one attached hydrogen (secondary N) is 2. The number of likely N-dealkylation sites (N-methyl/N-ethyl adjacent to an activating group) is 1. The fraction of sp³-hybridized carbons (Fsp3) is 0.292. The fourth-order valence-electron chi connectivity index (χ4n) is 3.30. The molecule has 2 N–H and O–H groups in total. The van der Waals surface area contributed by atoms with Crippen LogP contribution in [0.4, 0.5) is 0 Å². The third kappa shape index (κ3) is 5.93. The lowest BCUT2D eigenvalue weighted by atomic mass is 10.1. The van der Waals surface area contributed by atoms with Crippen molar-refractivity contribution in [2.24, 2.45) is 0 Å². The van der Waals surface area contributed by atoms with Crippen molar-refractivity contribution in [2.75, 3.05) is 33.3 Å². The summed E-state index contributed by atoms with van der Waals surface area (Å²) in [6.07, 6.45) is 1.72. The first kappa shape index (κ1) is 23.4. The minimum absolute atomic E-state index is 0.301. The Labute approximate surface area is 194 Å². The van der Waals surface area contributed by atoms with Crippen LogP contribution in [-0.4, -0.2) is 59.0 Å². The molecular formula is C24H29N5O2S. The molecule has 0 aliphatic rings. The molecular weight excluding hydrogens is 422 g/mol. The van der Waals surface area contributed by atoms with Crippen molar-refractivity contribution in [3.8, 4) is 22.7 Å². The van der Waals surface area contributed by atoms with Crippen molar-refractivity contribution in [1.29, 1.82) is 0 Å². The van der Waals surface area contributed by atoms with Crippen LogP contribution in [-0.2, 0) is 0 Å². The van der Waals surface area contributed by atoms with Gasteiger partial charge in [-0.1, -0.05) is 32.0 Å². The molecule has 1 amide bonds. The zero-order chi connectivity index (χ0) is 22.9. The summed E-state index contributed by atoms with van der Waals surface area (Å²) < 4.78 is 6.95. The molecule has 0 unspecified atom stereocenters. The van der Waals surface area contributed by atoms with E-state index in [4.69, 9.17) is 17.0 Å². The van der Waals surface area contributed by atoms with Crippen molar-refractivity contribution >= 4 is 23.2 Å². The number of thiocarbonyl (C=S) groups is 1. The van der Waals surface area contributed by atoms with Crippen molar-refractivity contribution in [3.05, 3.63) is 66.4 Å². The van der Waals surface area contributed by atoms with E-state index in [0.29, 0.717) is 22.9 Å². The van der Waals surface area contributed by atoms with Crippen LogP contribution in [0.2, 0.25) is 0 Å². The summed E-state index contributed by atoms with van der Waals surface area (Å²) in [5.41, 5.74) is 2.68. The molecule has 2 aromatic carbocycles. The number of methoxy groups -OCH3 is 1. The number of benzene rings is 2. The van der Waals surface area contributed by atoms with Crippen LogP contribution in [0.25, 0.3) is 16.9 Å². The summed E-state index contributed by atoms with van der Waals surface area (Å²) in [6.45, 7) is 7.70. The van der Waals surface area contributed by atoms with Crippen LogP contribution in [0.1, 0.15) is 24.2 Å². The van der Waals surface area contributed by atoms with Gasteiger partial charge in [-0.05, 0) is 61.7 Å². The van der Waals surface area contributed by atoms with Gasteiger partial charge in [0.2, 0.25) is 0 Å². The Morgan fingerprint density at radius 2 is 1.78 bits per heavy atom. The molecule has 1 heterocycles. The highest BCUT2D eigenvalue weighted by Crippen LogP contribution is 2.25. The summed E-state index contributed by atoms with van der Waals surface area (Å²) >= 11 is 5.34. The molecule has 1 aromatic heterocycles. The van der Waals surface area contributed by atoms with Gasteiger partial charge < -0.3 is 15.0 Å². The Morgan fingerprint density at radius 1 is 1.09 bits per heavy atom. The minimum Gasteiger partial charge on any atom is -0.497 e. The van der Waals surface area contributed by atoms with Gasteiger partial charge in [0.15, 0.2) is 5.11 Å². The number of hydrogen-bond donors (Lipinski definition) is 2. The van der Waals surface area contributed by atoms with E-state index >= 15 is 0 Å². The maximum Gasteiger partial charge on any atom is 0.261 e. The Morgan fingerprint density at radius 3 is 2.41 bits per heavy atom. The molecule has 8 heteroatoms. The van der Waals surface area contributed by atoms with Gasteiger partial charge in [0.05, 0.1) is 18.4 Å². The topological polar surface area (TPSA) is 71.4 Å². The summed E-state index contributed by atoms with van der Waals surface area (Å²) in [6, 6.07) is 17.1. The molecule has 0 saturated heterocycles. The van der Waals surface area contributed by atoms with Crippen LogP contribution < -0.4 is 15.4 Å². The summed E-state index contributed by atoms with van der Waals surface area (Å²) in [7, 11) is 1.62. The van der Waals surface area contributed by atoms with E-state index in [0.717, 1.165) is 36.6 Å². The standard InChI is InChI=1S/C24H29N5O2S/c1-4-28(5-2)16-15-25-24(32)26-23(30)21-17-29(19-9-7-6-8-10-19)27-22(21)18-11-13-20(31-3)14-12-18/h6-14,17H,4-5,15-16H2,1-3H3,(H2,25,26,30,32). The van der Waals surface area contributed by atoms with Crippen LogP contribution in [0.3, 0.4) is 0 Å². The number of nitrogens with zero attached hydrogens (tertiary/aromatic N) is 3. The van der Waals surface area contributed by atoms with E-state index in [1.54, 1.807) is 18.0 Å². The predicted octanol–water partition coefficient (Wildman–Crippen LogP) is 3.49. The molecule has 168 valence electrons. The first-order valence-corrected chi connectivity index (χ1v) is 11.1. The Hall–Kier alpha value is -3.23. The lowest BCUT2D eigenvalue weighted by Crippen LogP contribution is -2.42. The molecule has 7 nitrogen and oxygen atoms in total. The van der Waals surface area contributed by atoms with Crippen LogP contribution in [0, 0.1) is 0 Å². The maximum absolute atomic E-state index is 13.1. The molecule has 0 bridgehead atoms. The third-order valence-corrected chi connectivity index (χ3v) is 5.42. The quantitative estimate of drug-likeness (QED) is 0.485. The average molecular weight is 452 g/mol. The van der Waals surface area contributed by atoms with Crippen LogP contribution >= 0.6 is 12.2 Å². The van der Waals surface area contributed by atoms with Crippen molar-refractivity contribution in [1.82, 2.24) is 25.3 Å². The minimum atomic E-state index is -0.307. The Kier molecular flexibility index (Phi) is 8.35. The van der Waals surface area contributed by atoms with Crippen molar-refractivity contribution < 1.29 is 9.53 Å². The lowest BCUT2D eigenvalue weighted by molar-refractivity contribution is 0.0977.